The Balaban J connectivity index is 1.84. The second-order valence-electron chi connectivity index (χ2n) is 7.37. The van der Waals surface area contributed by atoms with Gasteiger partial charge in [0.1, 0.15) is 22.7 Å². The summed E-state index contributed by atoms with van der Waals surface area (Å²) >= 11 is 3.51. The van der Waals surface area contributed by atoms with Crippen LogP contribution in [0.25, 0.3) is 0 Å². The molecule has 0 aromatic heterocycles. The molecule has 150 valence electrons. The third-order valence-electron chi connectivity index (χ3n) is 5.25. The molecule has 3 aromatic carbocycles. The summed E-state index contributed by atoms with van der Waals surface area (Å²) in [7, 11) is 0. The van der Waals surface area contributed by atoms with Gasteiger partial charge < -0.3 is 9.47 Å². The van der Waals surface area contributed by atoms with Gasteiger partial charge >= 0.3 is 5.97 Å². The molecule has 0 heterocycles. The van der Waals surface area contributed by atoms with E-state index in [0.29, 0.717) is 17.1 Å². The number of halogens is 1. The Morgan fingerprint density at radius 3 is 2.43 bits per heavy atom. The molecule has 1 saturated carbocycles. The minimum absolute atomic E-state index is 0.137. The lowest BCUT2D eigenvalue weighted by atomic mass is 9.71. The van der Waals surface area contributed by atoms with Gasteiger partial charge in [-0.1, -0.05) is 46.3 Å². The highest BCUT2D eigenvalue weighted by molar-refractivity contribution is 9.10. The van der Waals surface area contributed by atoms with Crippen LogP contribution in [0.15, 0.2) is 77.3 Å². The molecule has 5 heteroatoms. The summed E-state index contributed by atoms with van der Waals surface area (Å²) in [6, 6.07) is 25.2. The summed E-state index contributed by atoms with van der Waals surface area (Å²) in [6.07, 6.45) is 1.87. The quantitative estimate of drug-likeness (QED) is 0.315. The standard InChI is InChI=1S/C25H20BrNO3/c1-17(28)29-24-13-12-20(26)15-23(24)25(16-27,18-10-11-18)19-6-5-9-22(14-19)30-21-7-3-2-4-8-21/h2-9,12-15,18H,10-11H2,1H3. The number of rotatable bonds is 6. The topological polar surface area (TPSA) is 59.3 Å². The molecule has 1 aliphatic carbocycles. The van der Waals surface area contributed by atoms with E-state index in [1.807, 2.05) is 66.7 Å². The van der Waals surface area contributed by atoms with Gasteiger partial charge in [-0.25, -0.2) is 0 Å². The predicted molar refractivity (Wildman–Crippen MR) is 118 cm³/mol. The molecule has 0 saturated heterocycles. The SMILES string of the molecule is CC(=O)Oc1ccc(Br)cc1C(C#N)(c1cccc(Oc2ccccc2)c1)C1CC1. The number of nitrogens with zero attached hydrogens (tertiary/aromatic N) is 1. The molecule has 3 aromatic rings. The van der Waals surface area contributed by atoms with E-state index in [-0.39, 0.29) is 5.92 Å². The van der Waals surface area contributed by atoms with Crippen molar-refractivity contribution in [3.8, 4) is 23.3 Å². The van der Waals surface area contributed by atoms with E-state index in [1.54, 1.807) is 6.07 Å². The van der Waals surface area contributed by atoms with Crippen molar-refractivity contribution in [2.75, 3.05) is 0 Å². The predicted octanol–water partition coefficient (Wildman–Crippen LogP) is 6.39. The van der Waals surface area contributed by atoms with Gasteiger partial charge in [0, 0.05) is 17.0 Å². The van der Waals surface area contributed by atoms with Crippen LogP contribution in [0.3, 0.4) is 0 Å². The van der Waals surface area contributed by atoms with Crippen LogP contribution >= 0.6 is 15.9 Å². The van der Waals surface area contributed by atoms with E-state index in [9.17, 15) is 10.1 Å². The Labute approximate surface area is 184 Å². The number of carbonyl (C=O) groups is 1. The van der Waals surface area contributed by atoms with E-state index < -0.39 is 11.4 Å². The van der Waals surface area contributed by atoms with Crippen molar-refractivity contribution in [3.63, 3.8) is 0 Å². The number of ether oxygens (including phenoxy) is 2. The first kappa shape index (κ1) is 20.2. The summed E-state index contributed by atoms with van der Waals surface area (Å²) in [5.74, 6) is 1.52. The molecule has 0 N–H and O–H groups in total. The van der Waals surface area contributed by atoms with Crippen LogP contribution in [0.2, 0.25) is 0 Å². The molecule has 0 amide bonds. The molecule has 1 unspecified atom stereocenters. The van der Waals surface area contributed by atoms with E-state index in [1.165, 1.54) is 6.92 Å². The van der Waals surface area contributed by atoms with Gasteiger partial charge in [0.25, 0.3) is 0 Å². The lowest BCUT2D eigenvalue weighted by Crippen LogP contribution is -2.29. The fraction of sp³-hybridized carbons (Fsp3) is 0.200. The van der Waals surface area contributed by atoms with Crippen LogP contribution in [-0.4, -0.2) is 5.97 Å². The fourth-order valence-electron chi connectivity index (χ4n) is 3.83. The summed E-state index contributed by atoms with van der Waals surface area (Å²) in [5, 5.41) is 10.5. The van der Waals surface area contributed by atoms with Crippen LogP contribution < -0.4 is 9.47 Å². The van der Waals surface area contributed by atoms with E-state index in [4.69, 9.17) is 9.47 Å². The van der Waals surface area contributed by atoms with Gasteiger partial charge in [-0.3, -0.25) is 4.79 Å². The molecule has 30 heavy (non-hydrogen) atoms. The second kappa shape index (κ2) is 8.33. The van der Waals surface area contributed by atoms with Crippen molar-refractivity contribution in [3.05, 3.63) is 88.4 Å². The molecule has 1 atom stereocenters. The van der Waals surface area contributed by atoms with Crippen molar-refractivity contribution in [1.29, 1.82) is 5.26 Å². The fourth-order valence-corrected chi connectivity index (χ4v) is 4.19. The molecule has 0 aliphatic heterocycles. The molecule has 0 spiro atoms. The monoisotopic (exact) mass is 461 g/mol. The first-order valence-corrected chi connectivity index (χ1v) is 10.6. The molecular formula is C25H20BrNO3. The van der Waals surface area contributed by atoms with E-state index >= 15 is 0 Å². The molecule has 4 nitrogen and oxygen atoms in total. The lowest BCUT2D eigenvalue weighted by Gasteiger charge is -2.30. The zero-order valence-electron chi connectivity index (χ0n) is 16.5. The van der Waals surface area contributed by atoms with Gasteiger partial charge in [-0.05, 0) is 66.8 Å². The zero-order valence-corrected chi connectivity index (χ0v) is 18.1. The van der Waals surface area contributed by atoms with E-state index in [0.717, 1.165) is 28.6 Å². The molecule has 4 rings (SSSR count). The van der Waals surface area contributed by atoms with Gasteiger partial charge in [-0.15, -0.1) is 0 Å². The van der Waals surface area contributed by atoms with Gasteiger partial charge in [-0.2, -0.15) is 5.26 Å². The zero-order chi connectivity index (χ0) is 21.1. The van der Waals surface area contributed by atoms with Crippen LogP contribution in [0.4, 0.5) is 0 Å². The maximum Gasteiger partial charge on any atom is 0.308 e. The molecule has 1 aliphatic rings. The van der Waals surface area contributed by atoms with Crippen molar-refractivity contribution in [2.45, 2.75) is 25.2 Å². The smallest absolute Gasteiger partial charge is 0.308 e. The highest BCUT2D eigenvalue weighted by Gasteiger charge is 2.50. The summed E-state index contributed by atoms with van der Waals surface area (Å²) in [4.78, 5) is 11.7. The largest absolute Gasteiger partial charge is 0.457 e. The minimum atomic E-state index is -0.940. The molecule has 0 radical (unpaired) electrons. The lowest BCUT2D eigenvalue weighted by molar-refractivity contribution is -0.131. The Kier molecular flexibility index (Phi) is 5.61. The Hall–Kier alpha value is -3.10. The number of carbonyl (C=O) groups excluding carboxylic acids is 1. The Bertz CT molecular complexity index is 1120. The third kappa shape index (κ3) is 3.96. The van der Waals surface area contributed by atoms with Crippen molar-refractivity contribution < 1.29 is 14.3 Å². The number of esters is 1. The Morgan fingerprint density at radius 2 is 1.77 bits per heavy atom. The molecule has 0 bridgehead atoms. The third-order valence-corrected chi connectivity index (χ3v) is 5.75. The summed E-state index contributed by atoms with van der Waals surface area (Å²) in [6.45, 7) is 1.37. The van der Waals surface area contributed by atoms with Crippen LogP contribution in [0, 0.1) is 17.2 Å². The number of nitriles is 1. The van der Waals surface area contributed by atoms with Crippen LogP contribution in [0.5, 0.6) is 17.2 Å². The van der Waals surface area contributed by atoms with E-state index in [2.05, 4.69) is 22.0 Å². The van der Waals surface area contributed by atoms with Gasteiger partial charge in [0.05, 0.1) is 6.07 Å². The average Bonchev–Trinajstić information content (AvgIpc) is 3.57. The Morgan fingerprint density at radius 1 is 1.03 bits per heavy atom. The summed E-state index contributed by atoms with van der Waals surface area (Å²) < 4.78 is 12.3. The minimum Gasteiger partial charge on any atom is -0.457 e. The van der Waals surface area contributed by atoms with Crippen LogP contribution in [0.1, 0.15) is 30.9 Å². The number of hydrogen-bond acceptors (Lipinski definition) is 4. The number of para-hydroxylation sites is 1. The average molecular weight is 462 g/mol. The normalized spacial score (nSPS) is 15.0. The van der Waals surface area contributed by atoms with Crippen molar-refractivity contribution >= 4 is 21.9 Å². The number of benzene rings is 3. The first-order chi connectivity index (χ1) is 14.5. The first-order valence-electron chi connectivity index (χ1n) is 9.76. The number of hydrogen-bond donors (Lipinski definition) is 0. The summed E-state index contributed by atoms with van der Waals surface area (Å²) in [5.41, 5.74) is 0.575. The van der Waals surface area contributed by atoms with Crippen LogP contribution in [-0.2, 0) is 10.2 Å². The molecule has 1 fully saturated rings. The molecular weight excluding hydrogens is 442 g/mol. The van der Waals surface area contributed by atoms with Gasteiger partial charge in [0.2, 0.25) is 0 Å². The highest BCUT2D eigenvalue weighted by atomic mass is 79.9. The van der Waals surface area contributed by atoms with Gasteiger partial charge in [0.15, 0.2) is 0 Å². The maximum absolute atomic E-state index is 11.7. The maximum atomic E-state index is 11.7. The second-order valence-corrected chi connectivity index (χ2v) is 8.29. The van der Waals surface area contributed by atoms with Crippen molar-refractivity contribution in [1.82, 2.24) is 0 Å². The van der Waals surface area contributed by atoms with Crippen molar-refractivity contribution in [2.24, 2.45) is 5.92 Å². The highest BCUT2D eigenvalue weighted by Crippen LogP contribution is 2.54.